The molecule has 4 heterocycles. The van der Waals surface area contributed by atoms with E-state index in [2.05, 4.69) is 248 Å². The van der Waals surface area contributed by atoms with Crippen LogP contribution in [0.25, 0.3) is 0 Å². The highest BCUT2D eigenvalue weighted by Crippen LogP contribution is 2.14. The minimum absolute atomic E-state index is 0. The number of esters is 2. The third-order valence-corrected chi connectivity index (χ3v) is 21.0. The van der Waals surface area contributed by atoms with E-state index in [1.165, 1.54) is 201 Å². The molecule has 0 aliphatic carbocycles. The van der Waals surface area contributed by atoms with Gasteiger partial charge in [0.2, 0.25) is 0 Å². The smallest absolute Gasteiger partial charge is 0.320 e. The summed E-state index contributed by atoms with van der Waals surface area (Å²) in [5.74, 6) is 2.72. The molecule has 0 aliphatic heterocycles. The van der Waals surface area contributed by atoms with E-state index >= 15 is 0 Å². The molecule has 4 aromatic carbocycles. The number of aryl methyl sites for hydroxylation is 4. The van der Waals surface area contributed by atoms with E-state index < -0.39 is 0 Å². The van der Waals surface area contributed by atoms with Crippen LogP contribution in [0.3, 0.4) is 0 Å². The van der Waals surface area contributed by atoms with Crippen molar-refractivity contribution in [3.05, 3.63) is 214 Å². The first-order valence-corrected chi connectivity index (χ1v) is 48.0. The molecular formula is C103H175BrN20O5. The number of nitrogens with one attached hydrogen (secondary N) is 3. The molecule has 0 bridgehead atoms. The van der Waals surface area contributed by atoms with Crippen LogP contribution < -0.4 is 21.7 Å². The fourth-order valence-corrected chi connectivity index (χ4v) is 14.0. The zero-order chi connectivity index (χ0) is 91.7. The van der Waals surface area contributed by atoms with E-state index in [-0.39, 0.29) is 34.2 Å². The molecule has 0 atom stereocenters. The van der Waals surface area contributed by atoms with Crippen molar-refractivity contribution in [2.24, 2.45) is 48.9 Å². The average molecular weight is 1850 g/mol. The summed E-state index contributed by atoms with van der Waals surface area (Å²) in [5, 5.41) is 11.0. The number of nitrogens with two attached hydrogens (primary N) is 1. The number of aldehydes is 1. The summed E-state index contributed by atoms with van der Waals surface area (Å²) in [4.78, 5) is 74.8. The summed E-state index contributed by atoms with van der Waals surface area (Å²) in [7, 11) is 7.68. The second kappa shape index (κ2) is 80.3. The lowest BCUT2D eigenvalue weighted by molar-refractivity contribution is -0.144. The van der Waals surface area contributed by atoms with Crippen molar-refractivity contribution in [1.29, 1.82) is 0 Å². The molecule has 0 saturated heterocycles. The Morgan fingerprint density at radius 1 is 0.364 bits per heavy atom. The van der Waals surface area contributed by atoms with Gasteiger partial charge in [-0.3, -0.25) is 34.3 Å². The van der Waals surface area contributed by atoms with Crippen LogP contribution in [0.5, 0.6) is 0 Å². The predicted octanol–water partition coefficient (Wildman–Crippen LogP) is 18.6. The highest BCUT2D eigenvalue weighted by molar-refractivity contribution is 9.09. The number of carbonyl (C=O) groups excluding carboxylic acids is 3. The molecule has 0 unspecified atom stereocenters. The minimum Gasteiger partial charge on any atom is -0.465 e. The van der Waals surface area contributed by atoms with E-state index in [1.54, 1.807) is 55.7 Å². The summed E-state index contributed by atoms with van der Waals surface area (Å²) >= 11 is 2.94. The molecule has 724 valence electrons. The molecule has 5 N–H and O–H groups in total. The number of benzene rings is 4. The standard InChI is InChI=1S/C27H43N5O2.2C23H37N5.C18H33N3.C5H6N2O.C4H7BrO2.3CH4/c1-5-15-31(16-6-2)17-8-9-18-32(23-27(33)34-7-3)22-25-12-10-24(11-13-25)20-28-21-26-29-14-19-30(26)4;2*1-4-14-28(15-5-2)16-7-6-12-24-18-21-8-10-22(11-9-21)19-25-20-23-26-13-17-27(23)3;1-3-12-21(13-4-2)14-6-5-11-20-16-18-9-7-17(15-19)8-10-18;1-7-3-2-6-5(7)4-8;1-2-7-4(6)3-5;;;/h10-14,19,21H,5-9,15-18,20,22-23H2,1-4H3;2*8-11,13,17,20,24H,4-7,12,14-16,18-19H2,1-3H3;7-10,20H,3-6,11-16,19H2,1-2H3;2-4H,1H3;2-3H2,1H3;3*1H4. The molecule has 8 rings (SSSR count). The second-order valence-electron chi connectivity index (χ2n) is 31.8. The topological polar surface area (TPSA) is 256 Å². The monoisotopic (exact) mass is 1850 g/mol. The quantitative estimate of drug-likeness (QED) is 0.00908. The molecule has 0 fully saturated rings. The number of halogens is 1. The number of hydrogen-bond donors (Lipinski definition) is 4. The maximum absolute atomic E-state index is 12.2. The van der Waals surface area contributed by atoms with Crippen LogP contribution in [-0.2, 0) is 99.6 Å². The van der Waals surface area contributed by atoms with Gasteiger partial charge in [-0.05, 0) is 266 Å². The zero-order valence-electron chi connectivity index (χ0n) is 79.9. The van der Waals surface area contributed by atoms with E-state index in [4.69, 9.17) is 10.5 Å². The molecule has 26 heteroatoms. The highest BCUT2D eigenvalue weighted by Gasteiger charge is 2.14. The van der Waals surface area contributed by atoms with Gasteiger partial charge in [0.15, 0.2) is 12.1 Å². The van der Waals surface area contributed by atoms with Crippen molar-refractivity contribution in [2.45, 2.75) is 247 Å². The average Bonchev–Trinajstić information content (AvgIpc) is 1.90. The van der Waals surface area contributed by atoms with Gasteiger partial charge >= 0.3 is 11.9 Å². The number of imidazole rings is 4. The van der Waals surface area contributed by atoms with Gasteiger partial charge in [-0.15, -0.1) is 0 Å². The van der Waals surface area contributed by atoms with Crippen LogP contribution in [0.1, 0.15) is 267 Å². The molecule has 0 amide bonds. The Labute approximate surface area is 790 Å². The number of rotatable bonds is 60. The summed E-state index contributed by atoms with van der Waals surface area (Å²) < 4.78 is 17.2. The van der Waals surface area contributed by atoms with Crippen LogP contribution in [-0.4, -0.2) is 229 Å². The van der Waals surface area contributed by atoms with E-state index in [0.717, 1.165) is 101 Å². The van der Waals surface area contributed by atoms with E-state index in [1.807, 2.05) is 72.8 Å². The van der Waals surface area contributed by atoms with Gasteiger partial charge in [0.25, 0.3) is 0 Å². The number of carbonyl (C=O) groups is 3. The second-order valence-corrected chi connectivity index (χ2v) is 32.3. The Hall–Kier alpha value is -8.54. The number of hydrogen-bond acceptors (Lipinski definition) is 21. The van der Waals surface area contributed by atoms with Crippen molar-refractivity contribution < 1.29 is 23.9 Å². The lowest BCUT2D eigenvalue weighted by Gasteiger charge is -2.24. The lowest BCUT2D eigenvalue weighted by Crippen LogP contribution is -2.32. The maximum Gasteiger partial charge on any atom is 0.320 e. The van der Waals surface area contributed by atoms with Crippen LogP contribution in [0.4, 0.5) is 0 Å². The molecule has 0 radical (unpaired) electrons. The molecule has 8 aromatic rings. The predicted molar refractivity (Wildman–Crippen MR) is 548 cm³/mol. The summed E-state index contributed by atoms with van der Waals surface area (Å²) in [6, 6.07) is 34.5. The summed E-state index contributed by atoms with van der Waals surface area (Å²) in [6.07, 6.45) is 40.3. The summed E-state index contributed by atoms with van der Waals surface area (Å²) in [5.41, 5.74) is 15.6. The van der Waals surface area contributed by atoms with Crippen LogP contribution >= 0.6 is 15.9 Å². The lowest BCUT2D eigenvalue weighted by atomic mass is 10.1. The Bertz CT molecular complexity index is 3890. The van der Waals surface area contributed by atoms with E-state index in [9.17, 15) is 14.4 Å². The Kier molecular flexibility index (Phi) is 75.0. The molecular weight excluding hydrogens is 1680 g/mol. The van der Waals surface area contributed by atoms with Crippen molar-refractivity contribution in [2.75, 3.05) is 130 Å². The molecule has 0 spiro atoms. The fourth-order valence-electron chi connectivity index (χ4n) is 13.8. The number of aliphatic imine (C=N–C) groups is 3. The minimum atomic E-state index is -0.206. The number of nitrogens with zero attached hydrogens (tertiary/aromatic N) is 16. The first-order chi connectivity index (χ1) is 61.4. The van der Waals surface area contributed by atoms with Crippen LogP contribution in [0.2, 0.25) is 0 Å². The number of aromatic nitrogens is 8. The highest BCUT2D eigenvalue weighted by atomic mass is 79.9. The van der Waals surface area contributed by atoms with Gasteiger partial charge in [0.05, 0.1) is 58.0 Å². The Balaban J connectivity index is 0.00000160. The Morgan fingerprint density at radius 3 is 0.860 bits per heavy atom. The van der Waals surface area contributed by atoms with Crippen LogP contribution in [0, 0.1) is 0 Å². The van der Waals surface area contributed by atoms with Gasteiger partial charge in [-0.2, -0.15) is 0 Å². The fraction of sp³-hybridized carbons (Fsp3) is 0.592. The summed E-state index contributed by atoms with van der Waals surface area (Å²) in [6.45, 7) is 47.9. The number of alkyl halides is 1. The molecule has 129 heavy (non-hydrogen) atoms. The van der Waals surface area contributed by atoms with Gasteiger partial charge in [-0.1, -0.05) is 191 Å². The SMILES string of the molecule is C.C.C.CCCN(CCC)CCCCN(CC(=O)OCC)Cc1ccc(CN=Cc2nccn2C)cc1.CCCN(CCC)CCCCNCc1ccc(CN)cc1.CCCN(CCC)CCCCNCc1ccc(CN=Cc2nccn2C)cc1.CCCN(CCC)CCCCNCc1ccc(CN=Cc2nccn2C)cc1.CCOC(=O)CBr.Cn1ccnc1C=O. The Morgan fingerprint density at radius 2 is 0.620 bits per heavy atom. The van der Waals surface area contributed by atoms with Gasteiger partial charge < -0.3 is 69.0 Å². The largest absolute Gasteiger partial charge is 0.465 e. The van der Waals surface area contributed by atoms with Gasteiger partial charge in [-0.25, -0.2) is 19.9 Å². The van der Waals surface area contributed by atoms with Gasteiger partial charge in [0.1, 0.15) is 22.8 Å². The van der Waals surface area contributed by atoms with Crippen LogP contribution in [0.15, 0.2) is 162 Å². The van der Waals surface area contributed by atoms with Crippen molar-refractivity contribution >= 4 is 52.8 Å². The maximum atomic E-state index is 12.2. The first kappa shape index (κ1) is 120. The molecule has 0 saturated carbocycles. The van der Waals surface area contributed by atoms with E-state index in [0.29, 0.717) is 57.1 Å². The van der Waals surface area contributed by atoms with Crippen molar-refractivity contribution in [1.82, 2.24) is 78.7 Å². The van der Waals surface area contributed by atoms with Crippen molar-refractivity contribution in [3.63, 3.8) is 0 Å². The third kappa shape index (κ3) is 58.8. The molecule has 0 aliphatic rings. The first-order valence-electron chi connectivity index (χ1n) is 46.9. The van der Waals surface area contributed by atoms with Gasteiger partial charge in [0, 0.05) is 110 Å². The number of unbranched alkanes of at least 4 members (excludes halogenated alkanes) is 4. The third-order valence-electron chi connectivity index (χ3n) is 20.5. The number of ether oxygens (including phenoxy) is 2. The van der Waals surface area contributed by atoms with Crippen molar-refractivity contribution in [3.8, 4) is 0 Å². The normalized spacial score (nSPS) is 11.0. The molecule has 4 aromatic heterocycles. The molecule has 25 nitrogen and oxygen atoms in total. The zero-order valence-corrected chi connectivity index (χ0v) is 81.5.